The van der Waals surface area contributed by atoms with Gasteiger partial charge in [0, 0.05) is 24.6 Å². The van der Waals surface area contributed by atoms with E-state index >= 15 is 0 Å². The van der Waals surface area contributed by atoms with E-state index in [1.165, 1.54) is 0 Å². The summed E-state index contributed by atoms with van der Waals surface area (Å²) in [6.07, 6.45) is 3.30. The molecule has 34 heavy (non-hydrogen) atoms. The molecule has 5 rings (SSSR count). The third-order valence-corrected chi connectivity index (χ3v) is 6.04. The van der Waals surface area contributed by atoms with Gasteiger partial charge in [-0.3, -0.25) is 4.79 Å². The summed E-state index contributed by atoms with van der Waals surface area (Å²) >= 11 is 0. The van der Waals surface area contributed by atoms with Crippen molar-refractivity contribution in [2.24, 2.45) is 0 Å². The molecule has 0 aliphatic carbocycles. The molecular weight excluding hydrogens is 424 g/mol. The Labute approximate surface area is 198 Å². The number of pyridine rings is 1. The molecule has 0 spiro atoms. The molecule has 0 radical (unpaired) electrons. The highest BCUT2D eigenvalue weighted by molar-refractivity contribution is 6.06. The standard InChI is InChI=1S/C27H28N6O/c1-17(2)33-26-21(16-29-33)20(15-24(32-26)19-10-5-4-9-18(19)3)27(34)28-14-8-13-25-30-22-11-6-7-12-23(22)31-25/h4-7,9-12,15-17H,8,13-14H2,1-3H3,(H,28,34)(H,30,31). The third kappa shape index (κ3) is 4.17. The SMILES string of the molecule is Cc1ccccc1-c1cc(C(=O)NCCCc2nc3ccccc3[nH]2)c2cnn(C(C)C)c2n1. The first kappa shape index (κ1) is 21.8. The van der Waals surface area contributed by atoms with Crippen molar-refractivity contribution >= 4 is 28.0 Å². The maximum atomic E-state index is 13.3. The lowest BCUT2D eigenvalue weighted by molar-refractivity contribution is 0.0954. The number of hydrogen-bond donors (Lipinski definition) is 2. The lowest BCUT2D eigenvalue weighted by atomic mass is 10.0. The van der Waals surface area contributed by atoms with Gasteiger partial charge in [0.1, 0.15) is 5.82 Å². The Morgan fingerprint density at radius 3 is 2.68 bits per heavy atom. The van der Waals surface area contributed by atoms with E-state index in [0.717, 1.165) is 57.6 Å². The lowest BCUT2D eigenvalue weighted by Gasteiger charge is -2.12. The zero-order chi connectivity index (χ0) is 23.7. The molecule has 0 aliphatic heterocycles. The van der Waals surface area contributed by atoms with E-state index in [1.807, 2.05) is 53.2 Å². The van der Waals surface area contributed by atoms with E-state index in [0.29, 0.717) is 12.1 Å². The minimum atomic E-state index is -0.116. The second-order valence-corrected chi connectivity index (χ2v) is 8.85. The van der Waals surface area contributed by atoms with Gasteiger partial charge in [-0.25, -0.2) is 14.6 Å². The van der Waals surface area contributed by atoms with Crippen LogP contribution in [0, 0.1) is 6.92 Å². The average molecular weight is 453 g/mol. The van der Waals surface area contributed by atoms with Crippen LogP contribution in [0.2, 0.25) is 0 Å². The molecular formula is C27H28N6O. The maximum absolute atomic E-state index is 13.3. The predicted molar refractivity (Wildman–Crippen MR) is 135 cm³/mol. The summed E-state index contributed by atoms with van der Waals surface area (Å²) in [5.41, 5.74) is 6.22. The number of carbonyl (C=O) groups is 1. The van der Waals surface area contributed by atoms with Gasteiger partial charge in [0.15, 0.2) is 5.65 Å². The number of nitrogens with zero attached hydrogens (tertiary/aromatic N) is 4. The smallest absolute Gasteiger partial charge is 0.252 e. The number of fused-ring (bicyclic) bond motifs is 2. The number of nitrogens with one attached hydrogen (secondary N) is 2. The fourth-order valence-corrected chi connectivity index (χ4v) is 4.26. The number of aromatic amines is 1. The number of aromatic nitrogens is 5. The van der Waals surface area contributed by atoms with Gasteiger partial charge in [0.25, 0.3) is 5.91 Å². The van der Waals surface area contributed by atoms with Crippen LogP contribution in [0.3, 0.4) is 0 Å². The molecule has 172 valence electrons. The van der Waals surface area contributed by atoms with Crippen LogP contribution in [-0.4, -0.2) is 37.2 Å². The lowest BCUT2D eigenvalue weighted by Crippen LogP contribution is -2.25. The van der Waals surface area contributed by atoms with Crippen LogP contribution in [0.15, 0.2) is 60.8 Å². The molecule has 0 unspecified atom stereocenters. The topological polar surface area (TPSA) is 88.5 Å². The highest BCUT2D eigenvalue weighted by Gasteiger charge is 2.19. The Kier molecular flexibility index (Phi) is 5.84. The fraction of sp³-hybridized carbons (Fsp3) is 0.259. The number of imidazole rings is 1. The van der Waals surface area contributed by atoms with Gasteiger partial charge >= 0.3 is 0 Å². The summed E-state index contributed by atoms with van der Waals surface area (Å²) < 4.78 is 1.87. The first-order valence-electron chi connectivity index (χ1n) is 11.7. The highest BCUT2D eigenvalue weighted by atomic mass is 16.1. The van der Waals surface area contributed by atoms with E-state index in [-0.39, 0.29) is 11.9 Å². The summed E-state index contributed by atoms with van der Waals surface area (Å²) in [5.74, 6) is 0.817. The molecule has 1 amide bonds. The number of amides is 1. The van der Waals surface area contributed by atoms with Gasteiger partial charge in [-0.05, 0) is 51.0 Å². The van der Waals surface area contributed by atoms with Crippen molar-refractivity contribution in [3.8, 4) is 11.3 Å². The summed E-state index contributed by atoms with van der Waals surface area (Å²) in [6, 6.07) is 18.1. The van der Waals surface area contributed by atoms with Crippen molar-refractivity contribution in [1.29, 1.82) is 0 Å². The second-order valence-electron chi connectivity index (χ2n) is 8.85. The van der Waals surface area contributed by atoms with Crippen LogP contribution in [0.4, 0.5) is 0 Å². The van der Waals surface area contributed by atoms with Gasteiger partial charge in [-0.15, -0.1) is 0 Å². The number of aryl methyl sites for hydroxylation is 2. The summed E-state index contributed by atoms with van der Waals surface area (Å²) in [4.78, 5) is 26.1. The van der Waals surface area contributed by atoms with E-state index in [9.17, 15) is 4.79 Å². The third-order valence-electron chi connectivity index (χ3n) is 6.04. The number of hydrogen-bond acceptors (Lipinski definition) is 4. The Morgan fingerprint density at radius 2 is 1.88 bits per heavy atom. The zero-order valence-corrected chi connectivity index (χ0v) is 19.7. The minimum Gasteiger partial charge on any atom is -0.352 e. The van der Waals surface area contributed by atoms with Crippen molar-refractivity contribution in [1.82, 2.24) is 30.0 Å². The van der Waals surface area contributed by atoms with Gasteiger partial charge in [0.05, 0.1) is 33.9 Å². The number of benzene rings is 2. The first-order valence-corrected chi connectivity index (χ1v) is 11.7. The van der Waals surface area contributed by atoms with E-state index in [1.54, 1.807) is 6.20 Å². The van der Waals surface area contributed by atoms with Crippen molar-refractivity contribution in [2.45, 2.75) is 39.7 Å². The highest BCUT2D eigenvalue weighted by Crippen LogP contribution is 2.28. The minimum absolute atomic E-state index is 0.116. The quantitative estimate of drug-likeness (QED) is 0.331. The molecule has 5 aromatic rings. The number of carbonyl (C=O) groups excluding carboxylic acids is 1. The molecule has 3 heterocycles. The first-order chi connectivity index (χ1) is 16.5. The number of rotatable bonds is 7. The Balaban J connectivity index is 1.38. The normalized spacial score (nSPS) is 11.5. The Morgan fingerprint density at radius 1 is 1.09 bits per heavy atom. The molecule has 0 bridgehead atoms. The monoisotopic (exact) mass is 452 g/mol. The Hall–Kier alpha value is -4.00. The molecule has 0 aliphatic rings. The van der Waals surface area contributed by atoms with Crippen molar-refractivity contribution in [3.05, 3.63) is 77.7 Å². The second kappa shape index (κ2) is 9.09. The van der Waals surface area contributed by atoms with Crippen LogP contribution in [-0.2, 0) is 6.42 Å². The molecule has 2 aromatic carbocycles. The molecule has 7 heteroatoms. The molecule has 3 aromatic heterocycles. The average Bonchev–Trinajstić information content (AvgIpc) is 3.45. The van der Waals surface area contributed by atoms with Gasteiger partial charge < -0.3 is 10.3 Å². The Bertz CT molecular complexity index is 1450. The molecule has 0 fully saturated rings. The van der Waals surface area contributed by atoms with Crippen LogP contribution in [0.5, 0.6) is 0 Å². The largest absolute Gasteiger partial charge is 0.352 e. The zero-order valence-electron chi connectivity index (χ0n) is 19.7. The summed E-state index contributed by atoms with van der Waals surface area (Å²) in [7, 11) is 0. The van der Waals surface area contributed by atoms with E-state index < -0.39 is 0 Å². The number of para-hydroxylation sites is 2. The summed E-state index contributed by atoms with van der Waals surface area (Å²) in [5, 5.41) is 8.36. The van der Waals surface area contributed by atoms with Crippen LogP contribution >= 0.6 is 0 Å². The number of H-pyrrole nitrogens is 1. The van der Waals surface area contributed by atoms with Gasteiger partial charge in [-0.1, -0.05) is 36.4 Å². The summed E-state index contributed by atoms with van der Waals surface area (Å²) in [6.45, 7) is 6.73. The van der Waals surface area contributed by atoms with Crippen LogP contribution < -0.4 is 5.32 Å². The maximum Gasteiger partial charge on any atom is 0.252 e. The molecule has 7 nitrogen and oxygen atoms in total. The predicted octanol–water partition coefficient (Wildman–Crippen LogP) is 5.23. The van der Waals surface area contributed by atoms with Crippen LogP contribution in [0.1, 0.15) is 48.1 Å². The van der Waals surface area contributed by atoms with Crippen molar-refractivity contribution < 1.29 is 4.79 Å². The van der Waals surface area contributed by atoms with E-state index in [4.69, 9.17) is 4.98 Å². The van der Waals surface area contributed by atoms with E-state index in [2.05, 4.69) is 47.2 Å². The fourth-order valence-electron chi connectivity index (χ4n) is 4.26. The van der Waals surface area contributed by atoms with Gasteiger partial charge in [-0.2, -0.15) is 5.10 Å². The van der Waals surface area contributed by atoms with Gasteiger partial charge in [0.2, 0.25) is 0 Å². The van der Waals surface area contributed by atoms with Crippen molar-refractivity contribution in [3.63, 3.8) is 0 Å². The van der Waals surface area contributed by atoms with Crippen molar-refractivity contribution in [2.75, 3.05) is 6.54 Å². The molecule has 0 atom stereocenters. The molecule has 0 saturated heterocycles. The molecule has 0 saturated carbocycles. The molecule has 2 N–H and O–H groups in total. The van der Waals surface area contributed by atoms with Crippen LogP contribution in [0.25, 0.3) is 33.3 Å².